The standard InChI is InChI=1S/C15H26N4O/c1-11-6-5-7-15(10-11,19(2)3)13(16)12-14(20-4)18-9-8-17-12/h8-9,11,13H,5-7,10,16H2,1-4H3. The molecule has 0 aromatic carbocycles. The lowest BCUT2D eigenvalue weighted by Crippen LogP contribution is -2.55. The van der Waals surface area contributed by atoms with E-state index < -0.39 is 0 Å². The second kappa shape index (κ2) is 6.06. The van der Waals surface area contributed by atoms with Crippen LogP contribution in [-0.4, -0.2) is 41.6 Å². The van der Waals surface area contributed by atoms with E-state index in [2.05, 4.69) is 35.9 Å². The summed E-state index contributed by atoms with van der Waals surface area (Å²) in [5.74, 6) is 1.22. The fourth-order valence-corrected chi connectivity index (χ4v) is 3.49. The highest BCUT2D eigenvalue weighted by atomic mass is 16.5. The Morgan fingerprint density at radius 2 is 2.10 bits per heavy atom. The average Bonchev–Trinajstić information content (AvgIpc) is 2.46. The number of ether oxygens (including phenoxy) is 1. The van der Waals surface area contributed by atoms with Gasteiger partial charge in [0, 0.05) is 17.9 Å². The predicted octanol–water partition coefficient (Wildman–Crippen LogP) is 2.00. The van der Waals surface area contributed by atoms with Gasteiger partial charge in [0.25, 0.3) is 0 Å². The van der Waals surface area contributed by atoms with Gasteiger partial charge in [0.15, 0.2) is 0 Å². The minimum Gasteiger partial charge on any atom is -0.480 e. The van der Waals surface area contributed by atoms with Gasteiger partial charge in [-0.05, 0) is 32.9 Å². The second-order valence-corrected chi connectivity index (χ2v) is 6.13. The Morgan fingerprint density at radius 3 is 2.70 bits per heavy atom. The van der Waals surface area contributed by atoms with Crippen molar-refractivity contribution in [1.29, 1.82) is 0 Å². The Bertz CT molecular complexity index is 451. The first kappa shape index (κ1) is 15.2. The molecule has 0 aliphatic heterocycles. The molecule has 5 nitrogen and oxygen atoms in total. The first-order chi connectivity index (χ1) is 9.51. The molecule has 112 valence electrons. The number of hydrogen-bond acceptors (Lipinski definition) is 5. The van der Waals surface area contributed by atoms with Gasteiger partial charge in [-0.2, -0.15) is 0 Å². The number of methoxy groups -OCH3 is 1. The fraction of sp³-hybridized carbons (Fsp3) is 0.733. The van der Waals surface area contributed by atoms with Crippen molar-refractivity contribution in [2.75, 3.05) is 21.2 Å². The number of nitrogens with zero attached hydrogens (tertiary/aromatic N) is 3. The van der Waals surface area contributed by atoms with Crippen molar-refractivity contribution in [2.24, 2.45) is 11.7 Å². The van der Waals surface area contributed by atoms with Crippen molar-refractivity contribution in [3.05, 3.63) is 18.1 Å². The van der Waals surface area contributed by atoms with Gasteiger partial charge in [0.1, 0.15) is 5.69 Å². The zero-order chi connectivity index (χ0) is 14.8. The molecule has 1 aliphatic rings. The number of likely N-dealkylation sites (N-methyl/N-ethyl adjacent to an activating group) is 1. The monoisotopic (exact) mass is 278 g/mol. The van der Waals surface area contributed by atoms with E-state index in [1.165, 1.54) is 12.8 Å². The molecule has 5 heteroatoms. The van der Waals surface area contributed by atoms with Gasteiger partial charge >= 0.3 is 0 Å². The van der Waals surface area contributed by atoms with Crippen LogP contribution in [0.5, 0.6) is 5.88 Å². The molecule has 1 aliphatic carbocycles. The summed E-state index contributed by atoms with van der Waals surface area (Å²) in [7, 11) is 5.84. The molecule has 2 rings (SSSR count). The fourth-order valence-electron chi connectivity index (χ4n) is 3.49. The molecule has 0 spiro atoms. The van der Waals surface area contributed by atoms with Crippen molar-refractivity contribution in [3.8, 4) is 5.88 Å². The maximum atomic E-state index is 6.62. The van der Waals surface area contributed by atoms with Crippen LogP contribution in [0, 0.1) is 5.92 Å². The topological polar surface area (TPSA) is 64.3 Å². The van der Waals surface area contributed by atoms with Crippen LogP contribution in [0.15, 0.2) is 12.4 Å². The molecular formula is C15H26N4O. The van der Waals surface area contributed by atoms with Gasteiger partial charge in [-0.25, -0.2) is 4.98 Å². The van der Waals surface area contributed by atoms with Crippen LogP contribution in [0.3, 0.4) is 0 Å². The summed E-state index contributed by atoms with van der Waals surface area (Å²) in [5, 5.41) is 0. The number of rotatable bonds is 4. The van der Waals surface area contributed by atoms with E-state index in [-0.39, 0.29) is 11.6 Å². The zero-order valence-electron chi connectivity index (χ0n) is 13.0. The van der Waals surface area contributed by atoms with Gasteiger partial charge in [-0.1, -0.05) is 19.8 Å². The lowest BCUT2D eigenvalue weighted by atomic mass is 9.70. The maximum Gasteiger partial charge on any atom is 0.237 e. The van der Waals surface area contributed by atoms with E-state index >= 15 is 0 Å². The van der Waals surface area contributed by atoms with Gasteiger partial charge < -0.3 is 15.4 Å². The minimum atomic E-state index is -0.191. The summed E-state index contributed by atoms with van der Waals surface area (Å²) in [6, 6.07) is -0.191. The summed E-state index contributed by atoms with van der Waals surface area (Å²) in [6.45, 7) is 2.30. The molecule has 3 unspecified atom stereocenters. The van der Waals surface area contributed by atoms with Crippen molar-refractivity contribution < 1.29 is 4.74 Å². The third-order valence-electron chi connectivity index (χ3n) is 4.66. The summed E-state index contributed by atoms with van der Waals surface area (Å²) < 4.78 is 5.34. The van der Waals surface area contributed by atoms with Crippen LogP contribution in [0.4, 0.5) is 0 Å². The van der Waals surface area contributed by atoms with Crippen LogP contribution in [0.1, 0.15) is 44.3 Å². The van der Waals surface area contributed by atoms with Gasteiger partial charge in [0.2, 0.25) is 5.88 Å². The SMILES string of the molecule is COc1nccnc1C(N)C1(N(C)C)CCCC(C)C1. The molecule has 1 heterocycles. The Morgan fingerprint density at radius 1 is 1.40 bits per heavy atom. The molecule has 2 N–H and O–H groups in total. The highest BCUT2D eigenvalue weighted by Crippen LogP contribution is 2.43. The molecule has 20 heavy (non-hydrogen) atoms. The highest BCUT2D eigenvalue weighted by Gasteiger charge is 2.44. The lowest BCUT2D eigenvalue weighted by Gasteiger charge is -2.48. The van der Waals surface area contributed by atoms with Crippen molar-refractivity contribution in [3.63, 3.8) is 0 Å². The van der Waals surface area contributed by atoms with Crippen LogP contribution in [-0.2, 0) is 0 Å². The normalized spacial score (nSPS) is 28.4. The molecule has 0 amide bonds. The molecular weight excluding hydrogens is 252 g/mol. The molecule has 0 saturated heterocycles. The van der Waals surface area contributed by atoms with E-state index in [0.29, 0.717) is 11.8 Å². The maximum absolute atomic E-state index is 6.62. The quantitative estimate of drug-likeness (QED) is 0.912. The minimum absolute atomic E-state index is 0.0685. The van der Waals surface area contributed by atoms with Crippen LogP contribution in [0.2, 0.25) is 0 Å². The summed E-state index contributed by atoms with van der Waals surface area (Å²) in [4.78, 5) is 10.9. The Labute approximate surface area is 121 Å². The molecule has 1 fully saturated rings. The van der Waals surface area contributed by atoms with Crippen LogP contribution in [0.25, 0.3) is 0 Å². The Kier molecular flexibility index (Phi) is 4.60. The zero-order valence-corrected chi connectivity index (χ0v) is 13.0. The van der Waals surface area contributed by atoms with Crippen LogP contribution < -0.4 is 10.5 Å². The number of hydrogen-bond donors (Lipinski definition) is 1. The Balaban J connectivity index is 2.38. The van der Waals surface area contributed by atoms with Crippen LogP contribution >= 0.6 is 0 Å². The van der Waals surface area contributed by atoms with Gasteiger partial charge in [0.05, 0.1) is 13.2 Å². The van der Waals surface area contributed by atoms with E-state index in [0.717, 1.165) is 18.5 Å². The molecule has 1 aromatic rings. The molecule has 0 bridgehead atoms. The van der Waals surface area contributed by atoms with E-state index in [9.17, 15) is 0 Å². The van der Waals surface area contributed by atoms with E-state index in [1.54, 1.807) is 19.5 Å². The van der Waals surface area contributed by atoms with Crippen molar-refractivity contribution in [1.82, 2.24) is 14.9 Å². The summed E-state index contributed by atoms with van der Waals surface area (Å²) >= 11 is 0. The molecule has 1 saturated carbocycles. The van der Waals surface area contributed by atoms with Gasteiger partial charge in [-0.3, -0.25) is 4.98 Å². The second-order valence-electron chi connectivity index (χ2n) is 6.13. The van der Waals surface area contributed by atoms with Crippen molar-refractivity contribution in [2.45, 2.75) is 44.2 Å². The molecule has 0 radical (unpaired) electrons. The highest BCUT2D eigenvalue weighted by molar-refractivity contribution is 5.25. The molecule has 1 aromatic heterocycles. The first-order valence-corrected chi connectivity index (χ1v) is 7.29. The van der Waals surface area contributed by atoms with E-state index in [4.69, 9.17) is 10.5 Å². The smallest absolute Gasteiger partial charge is 0.237 e. The lowest BCUT2D eigenvalue weighted by molar-refractivity contribution is 0.0476. The molecule has 3 atom stereocenters. The van der Waals surface area contributed by atoms with E-state index in [1.807, 2.05) is 0 Å². The number of nitrogens with two attached hydrogens (primary N) is 1. The van der Waals surface area contributed by atoms with Gasteiger partial charge in [-0.15, -0.1) is 0 Å². The average molecular weight is 278 g/mol. The first-order valence-electron chi connectivity index (χ1n) is 7.29. The number of aromatic nitrogens is 2. The predicted molar refractivity (Wildman–Crippen MR) is 79.6 cm³/mol. The third kappa shape index (κ3) is 2.65. The summed E-state index contributed by atoms with van der Waals surface area (Å²) in [6.07, 6.45) is 7.98. The largest absolute Gasteiger partial charge is 0.480 e. The Hall–Kier alpha value is -1.20. The third-order valence-corrected chi connectivity index (χ3v) is 4.66. The van der Waals surface area contributed by atoms with Crippen molar-refractivity contribution >= 4 is 0 Å². The summed E-state index contributed by atoms with van der Waals surface area (Å²) in [5.41, 5.74) is 7.31.